The third kappa shape index (κ3) is 4.45. The molecule has 0 aliphatic heterocycles. The van der Waals surface area contributed by atoms with E-state index >= 15 is 0 Å². The third-order valence-corrected chi connectivity index (χ3v) is 4.23. The van der Waals surface area contributed by atoms with E-state index in [1.165, 1.54) is 14.2 Å². The molecule has 0 aromatic carbocycles. The molecule has 0 fully saturated rings. The van der Waals surface area contributed by atoms with Crippen molar-refractivity contribution in [2.45, 2.75) is 25.3 Å². The molecule has 0 radical (unpaired) electrons. The Morgan fingerprint density at radius 3 is 2.59 bits per heavy atom. The van der Waals surface area contributed by atoms with Crippen LogP contribution in [0, 0.1) is 0 Å². The predicted molar refractivity (Wildman–Crippen MR) is 63.5 cm³/mol. The molecular formula is C10H18N2O4S. The molecule has 1 aliphatic carbocycles. The maximum Gasteiger partial charge on any atom is 0.306 e. The van der Waals surface area contributed by atoms with Crippen molar-refractivity contribution in [1.29, 1.82) is 0 Å². The smallest absolute Gasteiger partial charge is 0.306 e. The van der Waals surface area contributed by atoms with Gasteiger partial charge in [-0.2, -0.15) is 17.4 Å². The standard InChI is InChI=1S/C10H18N2O4S/c1-12(8-7-10(13)16-2)17(14,15)11-9-5-3-4-6-9/h3-4,9,11H,5-8H2,1-2H3. The van der Waals surface area contributed by atoms with Gasteiger partial charge in [0.25, 0.3) is 10.2 Å². The van der Waals surface area contributed by atoms with Crippen LogP contribution in [0.5, 0.6) is 0 Å². The Morgan fingerprint density at radius 2 is 2.06 bits per heavy atom. The number of ether oxygens (including phenoxy) is 1. The molecule has 0 aromatic heterocycles. The predicted octanol–water partition coefficient (Wildman–Crippen LogP) is 0.0343. The minimum atomic E-state index is -3.51. The van der Waals surface area contributed by atoms with Gasteiger partial charge in [-0.05, 0) is 12.8 Å². The van der Waals surface area contributed by atoms with E-state index in [1.807, 2.05) is 12.2 Å². The molecule has 0 atom stereocenters. The van der Waals surface area contributed by atoms with Crippen molar-refractivity contribution < 1.29 is 17.9 Å². The zero-order valence-corrected chi connectivity index (χ0v) is 10.9. The lowest BCUT2D eigenvalue weighted by atomic mass is 10.3. The number of nitrogens with zero attached hydrogens (tertiary/aromatic N) is 1. The highest BCUT2D eigenvalue weighted by molar-refractivity contribution is 7.87. The molecule has 1 rings (SSSR count). The Bertz CT molecular complexity index is 383. The fourth-order valence-electron chi connectivity index (χ4n) is 1.48. The lowest BCUT2D eigenvalue weighted by molar-refractivity contribution is -0.140. The average molecular weight is 262 g/mol. The second-order valence-electron chi connectivity index (χ2n) is 3.91. The first kappa shape index (κ1) is 14.1. The maximum absolute atomic E-state index is 11.8. The van der Waals surface area contributed by atoms with Crippen LogP contribution in [0.1, 0.15) is 19.3 Å². The van der Waals surface area contributed by atoms with Gasteiger partial charge in [0.2, 0.25) is 0 Å². The Morgan fingerprint density at radius 1 is 1.47 bits per heavy atom. The lowest BCUT2D eigenvalue weighted by Crippen LogP contribution is -2.43. The van der Waals surface area contributed by atoms with E-state index in [0.717, 1.165) is 4.31 Å². The second kappa shape index (κ2) is 6.13. The summed E-state index contributed by atoms with van der Waals surface area (Å²) in [6.45, 7) is 0.113. The molecular weight excluding hydrogens is 244 g/mol. The highest BCUT2D eigenvalue weighted by Gasteiger charge is 2.23. The summed E-state index contributed by atoms with van der Waals surface area (Å²) < 4.78 is 31.8. The molecule has 17 heavy (non-hydrogen) atoms. The van der Waals surface area contributed by atoms with Crippen molar-refractivity contribution in [3.8, 4) is 0 Å². The van der Waals surface area contributed by atoms with Crippen LogP contribution in [0.4, 0.5) is 0 Å². The summed E-state index contributed by atoms with van der Waals surface area (Å²) >= 11 is 0. The topological polar surface area (TPSA) is 75.7 Å². The quantitative estimate of drug-likeness (QED) is 0.541. The van der Waals surface area contributed by atoms with Crippen LogP contribution in [-0.4, -0.2) is 45.4 Å². The van der Waals surface area contributed by atoms with Gasteiger partial charge in [0.05, 0.1) is 13.5 Å². The normalized spacial score (nSPS) is 16.6. The summed E-state index contributed by atoms with van der Waals surface area (Å²) in [5.74, 6) is -0.422. The van der Waals surface area contributed by atoms with Gasteiger partial charge in [-0.1, -0.05) is 12.2 Å². The molecule has 0 amide bonds. The van der Waals surface area contributed by atoms with Gasteiger partial charge in [-0.15, -0.1) is 0 Å². The van der Waals surface area contributed by atoms with Crippen LogP contribution in [-0.2, 0) is 19.7 Å². The van der Waals surface area contributed by atoms with E-state index in [0.29, 0.717) is 12.8 Å². The van der Waals surface area contributed by atoms with Crippen LogP contribution < -0.4 is 4.72 Å². The monoisotopic (exact) mass is 262 g/mol. The minimum Gasteiger partial charge on any atom is -0.469 e. The fraction of sp³-hybridized carbons (Fsp3) is 0.700. The zero-order chi connectivity index (χ0) is 12.9. The second-order valence-corrected chi connectivity index (χ2v) is 5.72. The van der Waals surface area contributed by atoms with Crippen molar-refractivity contribution in [3.63, 3.8) is 0 Å². The lowest BCUT2D eigenvalue weighted by Gasteiger charge is -2.20. The van der Waals surface area contributed by atoms with E-state index < -0.39 is 16.2 Å². The Kier molecular flexibility index (Phi) is 5.10. The first-order chi connectivity index (χ1) is 7.95. The van der Waals surface area contributed by atoms with Crippen LogP contribution >= 0.6 is 0 Å². The van der Waals surface area contributed by atoms with E-state index in [9.17, 15) is 13.2 Å². The maximum atomic E-state index is 11.8. The van der Waals surface area contributed by atoms with E-state index in [1.54, 1.807) is 0 Å². The van der Waals surface area contributed by atoms with Crippen LogP contribution in [0.25, 0.3) is 0 Å². The summed E-state index contributed by atoms with van der Waals surface area (Å²) in [6.07, 6.45) is 5.37. The van der Waals surface area contributed by atoms with Gasteiger partial charge in [-0.25, -0.2) is 0 Å². The number of carbonyl (C=O) groups is 1. The number of rotatable bonds is 6. The van der Waals surface area contributed by atoms with Gasteiger partial charge in [-0.3, -0.25) is 4.79 Å². The molecule has 0 unspecified atom stereocenters. The van der Waals surface area contributed by atoms with Crippen LogP contribution in [0.2, 0.25) is 0 Å². The summed E-state index contributed by atoms with van der Waals surface area (Å²) in [5, 5.41) is 0. The number of nitrogens with one attached hydrogen (secondary N) is 1. The molecule has 0 heterocycles. The summed E-state index contributed by atoms with van der Waals surface area (Å²) in [6, 6.07) is -0.0689. The first-order valence-corrected chi connectivity index (χ1v) is 6.85. The van der Waals surface area contributed by atoms with Crippen molar-refractivity contribution in [3.05, 3.63) is 12.2 Å². The highest BCUT2D eigenvalue weighted by atomic mass is 32.2. The molecule has 0 aromatic rings. The first-order valence-electron chi connectivity index (χ1n) is 5.41. The van der Waals surface area contributed by atoms with Crippen LogP contribution in [0.15, 0.2) is 12.2 Å². The molecule has 1 N–H and O–H groups in total. The van der Waals surface area contributed by atoms with Crippen molar-refractivity contribution in [2.75, 3.05) is 20.7 Å². The average Bonchev–Trinajstić information content (AvgIpc) is 2.77. The van der Waals surface area contributed by atoms with E-state index in [-0.39, 0.29) is 19.0 Å². The molecule has 98 valence electrons. The van der Waals surface area contributed by atoms with Crippen LogP contribution in [0.3, 0.4) is 0 Å². The van der Waals surface area contributed by atoms with Gasteiger partial charge in [0.1, 0.15) is 0 Å². The van der Waals surface area contributed by atoms with E-state index in [2.05, 4.69) is 9.46 Å². The summed E-state index contributed by atoms with van der Waals surface area (Å²) in [7, 11) is -0.797. The number of esters is 1. The molecule has 1 aliphatic rings. The molecule has 7 heteroatoms. The van der Waals surface area contributed by atoms with Gasteiger partial charge in [0.15, 0.2) is 0 Å². The minimum absolute atomic E-state index is 0.0524. The third-order valence-electron chi connectivity index (χ3n) is 2.59. The van der Waals surface area contributed by atoms with E-state index in [4.69, 9.17) is 0 Å². The Labute approximate surface area is 102 Å². The number of methoxy groups -OCH3 is 1. The van der Waals surface area contributed by atoms with Gasteiger partial charge in [0, 0.05) is 19.6 Å². The number of hydrogen-bond acceptors (Lipinski definition) is 4. The fourth-order valence-corrected chi connectivity index (χ4v) is 2.61. The van der Waals surface area contributed by atoms with Crippen molar-refractivity contribution in [1.82, 2.24) is 9.03 Å². The SMILES string of the molecule is COC(=O)CCN(C)S(=O)(=O)NC1CC=CC1. The molecule has 0 spiro atoms. The van der Waals surface area contributed by atoms with Crippen molar-refractivity contribution in [2.24, 2.45) is 0 Å². The molecule has 0 saturated carbocycles. The molecule has 6 nitrogen and oxygen atoms in total. The zero-order valence-electron chi connectivity index (χ0n) is 10.0. The number of carbonyl (C=O) groups excluding carboxylic acids is 1. The van der Waals surface area contributed by atoms with Gasteiger partial charge < -0.3 is 4.74 Å². The molecule has 0 saturated heterocycles. The highest BCUT2D eigenvalue weighted by Crippen LogP contribution is 2.11. The molecule has 0 bridgehead atoms. The number of hydrogen-bond donors (Lipinski definition) is 1. The largest absolute Gasteiger partial charge is 0.469 e. The summed E-state index contributed by atoms with van der Waals surface area (Å²) in [5.41, 5.74) is 0. The van der Waals surface area contributed by atoms with Crippen molar-refractivity contribution >= 4 is 16.2 Å². The Hall–Kier alpha value is -0.920. The van der Waals surface area contributed by atoms with Gasteiger partial charge >= 0.3 is 5.97 Å². The summed E-state index contributed by atoms with van der Waals surface area (Å²) in [4.78, 5) is 10.9. The Balaban J connectivity index is 2.42.